The lowest BCUT2D eigenvalue weighted by Crippen LogP contribution is -2.15. The number of rotatable bonds is 5. The monoisotopic (exact) mass is 459 g/mol. The van der Waals surface area contributed by atoms with Crippen LogP contribution in [0.1, 0.15) is 5.56 Å². The Morgan fingerprint density at radius 3 is 2.62 bits per heavy atom. The smallest absolute Gasteiger partial charge is 0.234 e. The van der Waals surface area contributed by atoms with Crippen molar-refractivity contribution in [2.75, 3.05) is 11.1 Å². The molecule has 0 fully saturated rings. The molecule has 0 aliphatic carbocycles. The SMILES string of the molecule is Cc1c(Cl)cccc1NC(=O)CSc1nc2ccccc2n2c(-c3ccccc3)nnc12. The van der Waals surface area contributed by atoms with Crippen LogP contribution in [0.3, 0.4) is 0 Å². The van der Waals surface area contributed by atoms with Crippen molar-refractivity contribution >= 4 is 51.6 Å². The minimum Gasteiger partial charge on any atom is -0.325 e. The molecular weight excluding hydrogens is 442 g/mol. The lowest BCUT2D eigenvalue weighted by molar-refractivity contribution is -0.113. The van der Waals surface area contributed by atoms with Crippen molar-refractivity contribution in [1.29, 1.82) is 0 Å². The summed E-state index contributed by atoms with van der Waals surface area (Å²) in [6, 6.07) is 23.2. The van der Waals surface area contributed by atoms with E-state index in [2.05, 4.69) is 15.5 Å². The molecule has 0 saturated heterocycles. The molecule has 3 aromatic carbocycles. The number of nitrogens with zero attached hydrogens (tertiary/aromatic N) is 4. The van der Waals surface area contributed by atoms with Crippen molar-refractivity contribution in [3.63, 3.8) is 0 Å². The number of nitrogens with one attached hydrogen (secondary N) is 1. The molecule has 6 nitrogen and oxygen atoms in total. The molecule has 8 heteroatoms. The number of thioether (sulfide) groups is 1. The van der Waals surface area contributed by atoms with Gasteiger partial charge in [0.05, 0.1) is 16.8 Å². The third-order valence-corrected chi connectivity index (χ3v) is 6.48. The molecule has 0 atom stereocenters. The number of halogens is 1. The minimum absolute atomic E-state index is 0.142. The largest absolute Gasteiger partial charge is 0.325 e. The summed E-state index contributed by atoms with van der Waals surface area (Å²) in [4.78, 5) is 17.4. The first-order valence-electron chi connectivity index (χ1n) is 9.99. The standard InChI is InChI=1S/C24H18ClN5OS/c1-15-17(25)10-7-12-18(15)26-21(31)14-32-24-23-29-28-22(16-8-3-2-4-9-16)30(23)20-13-6-5-11-19(20)27-24/h2-13H,14H2,1H3,(H,26,31). The van der Waals surface area contributed by atoms with E-state index in [0.29, 0.717) is 21.4 Å². The maximum absolute atomic E-state index is 12.6. The molecule has 0 bridgehead atoms. The lowest BCUT2D eigenvalue weighted by Gasteiger charge is -2.10. The second-order valence-electron chi connectivity index (χ2n) is 7.20. The number of amides is 1. The molecule has 0 aliphatic heterocycles. The van der Waals surface area contributed by atoms with E-state index in [4.69, 9.17) is 16.6 Å². The van der Waals surface area contributed by atoms with E-state index in [1.807, 2.05) is 78.1 Å². The third kappa shape index (κ3) is 3.81. The zero-order valence-corrected chi connectivity index (χ0v) is 18.7. The van der Waals surface area contributed by atoms with E-state index in [1.54, 1.807) is 6.07 Å². The summed E-state index contributed by atoms with van der Waals surface area (Å²) in [7, 11) is 0. The molecule has 2 heterocycles. The van der Waals surface area contributed by atoms with E-state index in [1.165, 1.54) is 11.8 Å². The molecule has 0 aliphatic rings. The van der Waals surface area contributed by atoms with Gasteiger partial charge in [-0.15, -0.1) is 10.2 Å². The van der Waals surface area contributed by atoms with Crippen molar-refractivity contribution in [3.8, 4) is 11.4 Å². The van der Waals surface area contributed by atoms with Crippen LogP contribution >= 0.6 is 23.4 Å². The molecule has 1 amide bonds. The fraction of sp³-hybridized carbons (Fsp3) is 0.0833. The normalized spacial score (nSPS) is 11.2. The Bertz CT molecular complexity index is 1450. The average molecular weight is 460 g/mol. The summed E-state index contributed by atoms with van der Waals surface area (Å²) in [5.41, 5.74) is 4.85. The topological polar surface area (TPSA) is 72.2 Å². The number of hydrogen-bond donors (Lipinski definition) is 1. The van der Waals surface area contributed by atoms with Gasteiger partial charge in [0, 0.05) is 16.3 Å². The predicted octanol–water partition coefficient (Wildman–Crippen LogP) is 5.64. The molecule has 2 aromatic heterocycles. The highest BCUT2D eigenvalue weighted by Crippen LogP contribution is 2.29. The van der Waals surface area contributed by atoms with Gasteiger partial charge in [0.25, 0.3) is 0 Å². The second kappa shape index (κ2) is 8.61. The van der Waals surface area contributed by atoms with Gasteiger partial charge in [0.2, 0.25) is 5.91 Å². The molecule has 5 rings (SSSR count). The van der Waals surface area contributed by atoms with E-state index < -0.39 is 0 Å². The molecule has 158 valence electrons. The van der Waals surface area contributed by atoms with Crippen LogP contribution in [-0.4, -0.2) is 31.2 Å². The van der Waals surface area contributed by atoms with E-state index >= 15 is 0 Å². The van der Waals surface area contributed by atoms with E-state index in [9.17, 15) is 4.79 Å². The van der Waals surface area contributed by atoms with Crippen LogP contribution in [0.5, 0.6) is 0 Å². The van der Waals surface area contributed by atoms with Crippen LogP contribution in [0.25, 0.3) is 28.1 Å². The van der Waals surface area contributed by atoms with Crippen LogP contribution in [0.15, 0.2) is 77.8 Å². The Balaban J connectivity index is 1.49. The van der Waals surface area contributed by atoms with Crippen molar-refractivity contribution in [1.82, 2.24) is 19.6 Å². The second-order valence-corrected chi connectivity index (χ2v) is 8.57. The van der Waals surface area contributed by atoms with Gasteiger partial charge >= 0.3 is 0 Å². The Labute approximate surface area is 193 Å². The first-order valence-corrected chi connectivity index (χ1v) is 11.4. The predicted molar refractivity (Wildman–Crippen MR) is 129 cm³/mol. The van der Waals surface area contributed by atoms with Crippen LogP contribution in [0.2, 0.25) is 5.02 Å². The number of hydrogen-bond acceptors (Lipinski definition) is 5. The zero-order chi connectivity index (χ0) is 22.1. The Morgan fingerprint density at radius 2 is 1.78 bits per heavy atom. The number of benzene rings is 3. The van der Waals surface area contributed by atoms with Crippen molar-refractivity contribution in [2.24, 2.45) is 0 Å². The maximum Gasteiger partial charge on any atom is 0.234 e. The summed E-state index contributed by atoms with van der Waals surface area (Å²) in [5, 5.41) is 13.0. The van der Waals surface area contributed by atoms with Crippen LogP contribution < -0.4 is 5.32 Å². The maximum atomic E-state index is 12.6. The van der Waals surface area contributed by atoms with Crippen LogP contribution in [-0.2, 0) is 4.79 Å². The first-order chi connectivity index (χ1) is 15.6. The van der Waals surface area contributed by atoms with E-state index in [0.717, 1.165) is 28.0 Å². The van der Waals surface area contributed by atoms with Crippen molar-refractivity contribution < 1.29 is 4.79 Å². The van der Waals surface area contributed by atoms with Gasteiger partial charge in [-0.1, -0.05) is 71.9 Å². The van der Waals surface area contributed by atoms with Gasteiger partial charge < -0.3 is 5.32 Å². The summed E-state index contributed by atoms with van der Waals surface area (Å²) >= 11 is 7.49. The number of fused-ring (bicyclic) bond motifs is 3. The molecule has 0 saturated carbocycles. The van der Waals surface area contributed by atoms with Gasteiger partial charge in [0.15, 0.2) is 11.5 Å². The molecule has 32 heavy (non-hydrogen) atoms. The van der Waals surface area contributed by atoms with Gasteiger partial charge in [-0.05, 0) is 36.8 Å². The van der Waals surface area contributed by atoms with Crippen molar-refractivity contribution in [3.05, 3.63) is 83.4 Å². The number of carbonyl (C=O) groups is 1. The molecule has 0 radical (unpaired) electrons. The first kappa shape index (κ1) is 20.5. The number of anilines is 1. The van der Waals surface area contributed by atoms with Gasteiger partial charge in [0.1, 0.15) is 5.03 Å². The molecular formula is C24H18ClN5OS. The highest BCUT2D eigenvalue weighted by atomic mass is 35.5. The Morgan fingerprint density at radius 1 is 1.00 bits per heavy atom. The zero-order valence-electron chi connectivity index (χ0n) is 17.1. The summed E-state index contributed by atoms with van der Waals surface area (Å²) in [5.74, 6) is 0.775. The third-order valence-electron chi connectivity index (χ3n) is 5.11. The molecule has 1 N–H and O–H groups in total. The molecule has 0 spiro atoms. The Kier molecular flexibility index (Phi) is 5.51. The Hall–Kier alpha value is -3.42. The van der Waals surface area contributed by atoms with Crippen molar-refractivity contribution in [2.45, 2.75) is 11.9 Å². The quantitative estimate of drug-likeness (QED) is 0.344. The fourth-order valence-corrected chi connectivity index (χ4v) is 4.43. The van der Waals surface area contributed by atoms with Gasteiger partial charge in [-0.25, -0.2) is 4.98 Å². The number of para-hydroxylation sites is 2. The molecule has 0 unspecified atom stereocenters. The highest BCUT2D eigenvalue weighted by molar-refractivity contribution is 8.00. The summed E-state index contributed by atoms with van der Waals surface area (Å²) in [6.45, 7) is 1.88. The van der Waals surface area contributed by atoms with Gasteiger partial charge in [-0.3, -0.25) is 9.20 Å². The average Bonchev–Trinajstić information content (AvgIpc) is 3.27. The molecule has 5 aromatic rings. The fourth-order valence-electron chi connectivity index (χ4n) is 3.49. The number of carbonyl (C=O) groups excluding carboxylic acids is 1. The van der Waals surface area contributed by atoms with Crippen LogP contribution in [0.4, 0.5) is 5.69 Å². The highest BCUT2D eigenvalue weighted by Gasteiger charge is 2.17. The van der Waals surface area contributed by atoms with E-state index in [-0.39, 0.29) is 11.7 Å². The van der Waals surface area contributed by atoms with Crippen LogP contribution in [0, 0.1) is 6.92 Å². The summed E-state index contributed by atoms with van der Waals surface area (Å²) < 4.78 is 2.00. The summed E-state index contributed by atoms with van der Waals surface area (Å²) in [6.07, 6.45) is 0. The number of aromatic nitrogens is 4. The minimum atomic E-state index is -0.142. The van der Waals surface area contributed by atoms with Gasteiger partial charge in [-0.2, -0.15) is 0 Å². The lowest BCUT2D eigenvalue weighted by atomic mass is 10.2.